The number of thiazole rings is 1. The number of benzene rings is 1. The van der Waals surface area contributed by atoms with Crippen molar-refractivity contribution in [2.75, 3.05) is 20.8 Å². The fourth-order valence-corrected chi connectivity index (χ4v) is 4.07. The van der Waals surface area contributed by atoms with Crippen LogP contribution in [0, 0.1) is 0 Å². The van der Waals surface area contributed by atoms with Crippen LogP contribution in [0.5, 0.6) is 5.75 Å². The van der Waals surface area contributed by atoms with Crippen molar-refractivity contribution in [1.29, 1.82) is 0 Å². The SMILES string of the molecule is CCOC(=O)C1=C(C)N=c2s/c(=C\C(=O)OC)c(=O)n2[C@@H]1c1ccc(OC)cc1. The van der Waals surface area contributed by atoms with Gasteiger partial charge in [0.05, 0.1) is 38.1 Å². The van der Waals surface area contributed by atoms with E-state index in [1.54, 1.807) is 45.2 Å². The molecule has 1 atom stereocenters. The van der Waals surface area contributed by atoms with E-state index >= 15 is 0 Å². The Bertz CT molecular complexity index is 1160. The lowest BCUT2D eigenvalue weighted by Crippen LogP contribution is -2.40. The van der Waals surface area contributed by atoms with E-state index in [2.05, 4.69) is 9.73 Å². The maximum absolute atomic E-state index is 13.1. The molecule has 0 N–H and O–H groups in total. The summed E-state index contributed by atoms with van der Waals surface area (Å²) in [7, 11) is 2.79. The molecule has 1 aromatic carbocycles. The van der Waals surface area contributed by atoms with Gasteiger partial charge < -0.3 is 14.2 Å². The van der Waals surface area contributed by atoms with Gasteiger partial charge in [-0.25, -0.2) is 14.6 Å². The van der Waals surface area contributed by atoms with E-state index in [0.717, 1.165) is 17.4 Å². The van der Waals surface area contributed by atoms with Crippen LogP contribution in [-0.2, 0) is 19.1 Å². The molecule has 9 heteroatoms. The number of methoxy groups -OCH3 is 2. The largest absolute Gasteiger partial charge is 0.497 e. The molecule has 0 unspecified atom stereocenters. The summed E-state index contributed by atoms with van der Waals surface area (Å²) in [6, 6.07) is 6.31. The number of nitrogens with zero attached hydrogens (tertiary/aromatic N) is 2. The van der Waals surface area contributed by atoms with Crippen molar-refractivity contribution in [3.05, 3.63) is 60.8 Å². The quantitative estimate of drug-likeness (QED) is 0.673. The standard InChI is InChI=1S/C20H20N2O6S/c1-5-28-19(25)16-11(2)21-20-22(18(24)14(29-20)10-15(23)27-4)17(16)12-6-8-13(26-3)9-7-12/h6-10,17H,5H2,1-4H3/b14-10-/t17-/m1/s1. The van der Waals surface area contributed by atoms with Gasteiger partial charge in [-0.2, -0.15) is 0 Å². The Balaban J connectivity index is 2.28. The molecule has 29 heavy (non-hydrogen) atoms. The molecule has 0 fully saturated rings. The third-order valence-corrected chi connectivity index (χ3v) is 5.38. The lowest BCUT2D eigenvalue weighted by molar-refractivity contribution is -0.139. The maximum atomic E-state index is 13.1. The van der Waals surface area contributed by atoms with Crippen LogP contribution in [-0.4, -0.2) is 37.3 Å². The third kappa shape index (κ3) is 3.86. The van der Waals surface area contributed by atoms with E-state index in [1.807, 2.05) is 0 Å². The van der Waals surface area contributed by atoms with Gasteiger partial charge in [0, 0.05) is 6.08 Å². The van der Waals surface area contributed by atoms with Crippen LogP contribution in [0.25, 0.3) is 6.08 Å². The molecular formula is C20H20N2O6S. The zero-order chi connectivity index (χ0) is 21.1. The van der Waals surface area contributed by atoms with Gasteiger partial charge in [-0.05, 0) is 31.5 Å². The van der Waals surface area contributed by atoms with E-state index in [0.29, 0.717) is 21.8 Å². The molecule has 152 valence electrons. The van der Waals surface area contributed by atoms with Crippen LogP contribution in [0.3, 0.4) is 0 Å². The number of hydrogen-bond donors (Lipinski definition) is 0. The van der Waals surface area contributed by atoms with Crippen LogP contribution in [0.1, 0.15) is 25.5 Å². The summed E-state index contributed by atoms with van der Waals surface area (Å²) in [4.78, 5) is 42.2. The van der Waals surface area contributed by atoms with E-state index in [9.17, 15) is 14.4 Å². The molecule has 0 aliphatic carbocycles. The van der Waals surface area contributed by atoms with Gasteiger partial charge in [-0.3, -0.25) is 9.36 Å². The first kappa shape index (κ1) is 20.5. The van der Waals surface area contributed by atoms with E-state index in [4.69, 9.17) is 9.47 Å². The summed E-state index contributed by atoms with van der Waals surface area (Å²) in [6.45, 7) is 3.60. The number of allylic oxidation sites excluding steroid dienone is 1. The monoisotopic (exact) mass is 416 g/mol. The maximum Gasteiger partial charge on any atom is 0.338 e. The summed E-state index contributed by atoms with van der Waals surface area (Å²) < 4.78 is 16.6. The number of rotatable bonds is 5. The second-order valence-electron chi connectivity index (χ2n) is 6.10. The molecule has 0 bridgehead atoms. The van der Waals surface area contributed by atoms with Gasteiger partial charge in [-0.15, -0.1) is 0 Å². The van der Waals surface area contributed by atoms with E-state index in [-0.39, 0.29) is 16.7 Å². The van der Waals surface area contributed by atoms with Crippen LogP contribution in [0.4, 0.5) is 0 Å². The van der Waals surface area contributed by atoms with Crippen molar-refractivity contribution >= 4 is 29.4 Å². The van der Waals surface area contributed by atoms with Crippen molar-refractivity contribution < 1.29 is 23.8 Å². The number of esters is 2. The highest BCUT2D eigenvalue weighted by atomic mass is 32.1. The van der Waals surface area contributed by atoms with Crippen molar-refractivity contribution in [2.24, 2.45) is 4.99 Å². The number of fused-ring (bicyclic) bond motifs is 1. The molecule has 0 spiro atoms. The smallest absolute Gasteiger partial charge is 0.338 e. The summed E-state index contributed by atoms with van der Waals surface area (Å²) in [5.41, 5.74) is 0.979. The van der Waals surface area contributed by atoms with Crippen LogP contribution in [0.2, 0.25) is 0 Å². The summed E-state index contributed by atoms with van der Waals surface area (Å²) in [5.74, 6) is -0.542. The molecule has 2 heterocycles. The molecule has 1 aromatic heterocycles. The Hall–Kier alpha value is -3.20. The first-order valence-corrected chi connectivity index (χ1v) is 9.64. The number of hydrogen-bond acceptors (Lipinski definition) is 8. The predicted octanol–water partition coefficient (Wildman–Crippen LogP) is 0.932. The Kier molecular flexibility index (Phi) is 5.97. The number of carbonyl (C=O) groups excluding carboxylic acids is 2. The predicted molar refractivity (Wildman–Crippen MR) is 106 cm³/mol. The van der Waals surface area contributed by atoms with Crippen molar-refractivity contribution in [2.45, 2.75) is 19.9 Å². The Morgan fingerprint density at radius 3 is 2.52 bits per heavy atom. The molecule has 2 aromatic rings. The highest BCUT2D eigenvalue weighted by Crippen LogP contribution is 2.31. The highest BCUT2D eigenvalue weighted by Gasteiger charge is 2.33. The van der Waals surface area contributed by atoms with Crippen molar-refractivity contribution in [3.8, 4) is 5.75 Å². The Morgan fingerprint density at radius 2 is 1.93 bits per heavy atom. The molecule has 0 amide bonds. The summed E-state index contributed by atoms with van der Waals surface area (Å²) in [5, 5.41) is 0. The van der Waals surface area contributed by atoms with Crippen LogP contribution < -0.4 is 19.6 Å². The fourth-order valence-electron chi connectivity index (χ4n) is 3.06. The fraction of sp³-hybridized carbons (Fsp3) is 0.300. The second kappa shape index (κ2) is 8.44. The van der Waals surface area contributed by atoms with Crippen LogP contribution in [0.15, 0.2) is 45.3 Å². The topological polar surface area (TPSA) is 96.2 Å². The molecule has 3 rings (SSSR count). The van der Waals surface area contributed by atoms with Gasteiger partial charge in [0.1, 0.15) is 10.3 Å². The lowest BCUT2D eigenvalue weighted by Gasteiger charge is -2.24. The minimum atomic E-state index is -0.740. The van der Waals surface area contributed by atoms with Crippen LogP contribution >= 0.6 is 11.3 Å². The van der Waals surface area contributed by atoms with Gasteiger partial charge in [0.25, 0.3) is 5.56 Å². The second-order valence-corrected chi connectivity index (χ2v) is 7.11. The van der Waals surface area contributed by atoms with Crippen molar-refractivity contribution in [1.82, 2.24) is 4.57 Å². The Morgan fingerprint density at radius 1 is 1.24 bits per heavy atom. The molecule has 0 radical (unpaired) electrons. The van der Waals surface area contributed by atoms with Crippen molar-refractivity contribution in [3.63, 3.8) is 0 Å². The zero-order valence-electron chi connectivity index (χ0n) is 16.4. The molecule has 1 aliphatic heterocycles. The third-order valence-electron chi connectivity index (χ3n) is 4.40. The van der Waals surface area contributed by atoms with Gasteiger partial charge >= 0.3 is 11.9 Å². The highest BCUT2D eigenvalue weighted by molar-refractivity contribution is 7.07. The summed E-state index contributed by atoms with van der Waals surface area (Å²) in [6.07, 6.45) is 1.12. The lowest BCUT2D eigenvalue weighted by atomic mass is 9.96. The molecular weight excluding hydrogens is 396 g/mol. The molecule has 0 saturated heterocycles. The zero-order valence-corrected chi connectivity index (χ0v) is 17.2. The molecule has 1 aliphatic rings. The summed E-state index contributed by atoms with van der Waals surface area (Å²) >= 11 is 1.06. The minimum Gasteiger partial charge on any atom is -0.497 e. The molecule has 0 saturated carbocycles. The first-order chi connectivity index (χ1) is 13.9. The number of ether oxygens (including phenoxy) is 3. The average Bonchev–Trinajstić information content (AvgIpc) is 3.01. The van der Waals surface area contributed by atoms with Gasteiger partial charge in [-0.1, -0.05) is 23.5 Å². The number of carbonyl (C=O) groups is 2. The Labute approximate surface area is 170 Å². The normalized spacial score (nSPS) is 16.1. The first-order valence-electron chi connectivity index (χ1n) is 8.82. The van der Waals surface area contributed by atoms with E-state index < -0.39 is 23.5 Å². The number of aromatic nitrogens is 1. The van der Waals surface area contributed by atoms with E-state index in [1.165, 1.54) is 11.7 Å². The minimum absolute atomic E-state index is 0.173. The van der Waals surface area contributed by atoms with Gasteiger partial charge in [0.15, 0.2) is 4.80 Å². The molecule has 8 nitrogen and oxygen atoms in total. The van der Waals surface area contributed by atoms with Gasteiger partial charge in [0.2, 0.25) is 0 Å². The average molecular weight is 416 g/mol.